The van der Waals surface area contributed by atoms with Gasteiger partial charge in [-0.1, -0.05) is 24.3 Å². The second-order valence-corrected chi connectivity index (χ2v) is 8.52. The highest BCUT2D eigenvalue weighted by Gasteiger charge is 2.58. The molecule has 2 aromatic rings. The molecule has 1 aromatic carbocycles. The molecule has 1 spiro atoms. The summed E-state index contributed by atoms with van der Waals surface area (Å²) in [6.45, 7) is 1.95. The SMILES string of the molecule is COCCC(=O)N1CCC2(CC1)CC(C1c3ccccc3-c3cncn31)C2O. The zero-order chi connectivity index (χ0) is 19.3. The third-order valence-electron chi connectivity index (χ3n) is 7.23. The molecule has 6 nitrogen and oxygen atoms in total. The van der Waals surface area contributed by atoms with Gasteiger partial charge in [0.05, 0.1) is 43.4 Å². The van der Waals surface area contributed by atoms with E-state index in [1.807, 2.05) is 17.4 Å². The van der Waals surface area contributed by atoms with Gasteiger partial charge in [0, 0.05) is 37.1 Å². The van der Waals surface area contributed by atoms with E-state index in [9.17, 15) is 9.90 Å². The molecule has 2 aliphatic heterocycles. The Balaban J connectivity index is 1.30. The van der Waals surface area contributed by atoms with E-state index in [0.717, 1.165) is 38.0 Å². The molecule has 3 heterocycles. The van der Waals surface area contributed by atoms with Crippen molar-refractivity contribution in [2.75, 3.05) is 26.8 Å². The van der Waals surface area contributed by atoms with Crippen molar-refractivity contribution in [3.05, 3.63) is 42.4 Å². The first-order valence-electron chi connectivity index (χ1n) is 10.2. The number of hydrogen-bond acceptors (Lipinski definition) is 4. The summed E-state index contributed by atoms with van der Waals surface area (Å²) in [5.74, 6) is 0.363. The Labute approximate surface area is 165 Å². The average molecular weight is 381 g/mol. The van der Waals surface area contributed by atoms with Gasteiger partial charge in [0.15, 0.2) is 0 Å². The van der Waals surface area contributed by atoms with E-state index in [4.69, 9.17) is 4.74 Å². The zero-order valence-electron chi connectivity index (χ0n) is 16.3. The van der Waals surface area contributed by atoms with Gasteiger partial charge >= 0.3 is 0 Å². The molecule has 1 saturated heterocycles. The molecule has 2 fully saturated rings. The number of benzene rings is 1. The summed E-state index contributed by atoms with van der Waals surface area (Å²) >= 11 is 0. The molecule has 1 N–H and O–H groups in total. The molecule has 3 atom stereocenters. The molecule has 5 rings (SSSR count). The molecule has 0 radical (unpaired) electrons. The maximum atomic E-state index is 12.2. The highest BCUT2D eigenvalue weighted by Crippen LogP contribution is 2.59. The highest BCUT2D eigenvalue weighted by molar-refractivity contribution is 5.76. The lowest BCUT2D eigenvalue weighted by atomic mass is 9.53. The van der Waals surface area contributed by atoms with Crippen LogP contribution in [-0.2, 0) is 9.53 Å². The second-order valence-electron chi connectivity index (χ2n) is 8.52. The fourth-order valence-electron chi connectivity index (χ4n) is 5.64. The van der Waals surface area contributed by atoms with E-state index in [-0.39, 0.29) is 29.4 Å². The largest absolute Gasteiger partial charge is 0.392 e. The zero-order valence-corrected chi connectivity index (χ0v) is 16.3. The summed E-state index contributed by atoms with van der Waals surface area (Å²) in [7, 11) is 1.62. The number of rotatable bonds is 4. The van der Waals surface area contributed by atoms with Crippen LogP contribution in [0, 0.1) is 11.3 Å². The lowest BCUT2D eigenvalue weighted by Gasteiger charge is -2.58. The number of nitrogens with zero attached hydrogens (tertiary/aromatic N) is 3. The normalized spacial score (nSPS) is 27.4. The van der Waals surface area contributed by atoms with E-state index in [1.54, 1.807) is 7.11 Å². The molecular formula is C22H27N3O3. The van der Waals surface area contributed by atoms with Crippen molar-refractivity contribution in [2.24, 2.45) is 11.3 Å². The van der Waals surface area contributed by atoms with Gasteiger partial charge in [-0.05, 0) is 24.8 Å². The molecular weight excluding hydrogens is 354 g/mol. The van der Waals surface area contributed by atoms with Crippen molar-refractivity contribution in [2.45, 2.75) is 37.8 Å². The summed E-state index contributed by atoms with van der Waals surface area (Å²) in [5, 5.41) is 11.2. The van der Waals surface area contributed by atoms with Gasteiger partial charge in [0.1, 0.15) is 0 Å². The van der Waals surface area contributed by atoms with Crippen LogP contribution in [0.4, 0.5) is 0 Å². The van der Waals surface area contributed by atoms with E-state index in [0.29, 0.717) is 13.0 Å². The number of aliphatic hydroxyl groups is 1. The topological polar surface area (TPSA) is 67.6 Å². The Morgan fingerprint density at radius 1 is 1.32 bits per heavy atom. The number of carbonyl (C=O) groups is 1. The third kappa shape index (κ3) is 2.54. The number of imidazole rings is 1. The number of amides is 1. The van der Waals surface area contributed by atoms with Crippen molar-refractivity contribution < 1.29 is 14.6 Å². The number of carbonyl (C=O) groups excluding carboxylic acids is 1. The molecule has 1 aliphatic carbocycles. The number of hydrogen-bond donors (Lipinski definition) is 1. The summed E-state index contributed by atoms with van der Waals surface area (Å²) in [5.41, 5.74) is 3.64. The van der Waals surface area contributed by atoms with Crippen molar-refractivity contribution in [3.63, 3.8) is 0 Å². The molecule has 28 heavy (non-hydrogen) atoms. The maximum absolute atomic E-state index is 12.2. The number of ether oxygens (including phenoxy) is 1. The summed E-state index contributed by atoms with van der Waals surface area (Å²) < 4.78 is 7.25. The van der Waals surface area contributed by atoms with Crippen molar-refractivity contribution in [1.82, 2.24) is 14.5 Å². The van der Waals surface area contributed by atoms with Crippen LogP contribution in [0.15, 0.2) is 36.8 Å². The number of piperidine rings is 1. The predicted octanol–water partition coefficient (Wildman–Crippen LogP) is 2.48. The molecule has 3 aliphatic rings. The van der Waals surface area contributed by atoms with Gasteiger partial charge in [-0.15, -0.1) is 0 Å². The molecule has 1 saturated carbocycles. The first-order chi connectivity index (χ1) is 13.6. The van der Waals surface area contributed by atoms with Crippen LogP contribution in [0.3, 0.4) is 0 Å². The Morgan fingerprint density at radius 3 is 2.86 bits per heavy atom. The molecule has 3 unspecified atom stereocenters. The van der Waals surface area contributed by atoms with Gasteiger partial charge in [-0.3, -0.25) is 4.79 Å². The van der Waals surface area contributed by atoms with Crippen LogP contribution in [0.1, 0.15) is 37.3 Å². The number of aliphatic hydroxyl groups excluding tert-OH is 1. The number of methoxy groups -OCH3 is 1. The van der Waals surface area contributed by atoms with Crippen LogP contribution in [-0.4, -0.2) is 58.4 Å². The van der Waals surface area contributed by atoms with Crippen LogP contribution in [0.2, 0.25) is 0 Å². The van der Waals surface area contributed by atoms with Crippen molar-refractivity contribution >= 4 is 5.91 Å². The Morgan fingerprint density at radius 2 is 2.11 bits per heavy atom. The molecule has 0 bridgehead atoms. The fourth-order valence-corrected chi connectivity index (χ4v) is 5.64. The lowest BCUT2D eigenvalue weighted by Crippen LogP contribution is -2.59. The Bertz CT molecular complexity index is 885. The number of fused-ring (bicyclic) bond motifs is 3. The third-order valence-corrected chi connectivity index (χ3v) is 7.23. The average Bonchev–Trinajstić information content (AvgIpc) is 3.32. The van der Waals surface area contributed by atoms with Crippen molar-refractivity contribution in [1.29, 1.82) is 0 Å². The summed E-state index contributed by atoms with van der Waals surface area (Å²) in [6, 6.07) is 8.63. The van der Waals surface area contributed by atoms with Gasteiger partial charge < -0.3 is 19.3 Å². The minimum atomic E-state index is -0.338. The second kappa shape index (κ2) is 6.71. The van der Waals surface area contributed by atoms with E-state index in [1.165, 1.54) is 11.1 Å². The monoisotopic (exact) mass is 381 g/mol. The fraction of sp³-hybridized carbons (Fsp3) is 0.545. The minimum absolute atomic E-state index is 0.0407. The molecule has 148 valence electrons. The summed E-state index contributed by atoms with van der Waals surface area (Å²) in [6.07, 6.45) is 6.69. The summed E-state index contributed by atoms with van der Waals surface area (Å²) in [4.78, 5) is 18.5. The molecule has 1 amide bonds. The predicted molar refractivity (Wildman–Crippen MR) is 105 cm³/mol. The van der Waals surface area contributed by atoms with Gasteiger partial charge in [-0.25, -0.2) is 4.98 Å². The van der Waals surface area contributed by atoms with Gasteiger partial charge in [0.2, 0.25) is 5.91 Å². The number of aromatic nitrogens is 2. The van der Waals surface area contributed by atoms with E-state index in [2.05, 4.69) is 33.8 Å². The van der Waals surface area contributed by atoms with Crippen LogP contribution in [0.5, 0.6) is 0 Å². The van der Waals surface area contributed by atoms with Crippen LogP contribution in [0.25, 0.3) is 11.3 Å². The van der Waals surface area contributed by atoms with E-state index < -0.39 is 0 Å². The molecule has 6 heteroatoms. The van der Waals surface area contributed by atoms with Gasteiger partial charge in [0.25, 0.3) is 0 Å². The Hall–Kier alpha value is -2.18. The standard InChI is InChI=1S/C22H27N3O3/c1-28-11-6-19(26)24-9-7-22(8-10-24)12-17(21(22)27)20-16-5-3-2-4-15(16)18-13-23-14-25(18)20/h2-5,13-14,17,20-21,27H,6-12H2,1H3. The minimum Gasteiger partial charge on any atom is -0.392 e. The molecule has 1 aromatic heterocycles. The van der Waals surface area contributed by atoms with Crippen LogP contribution >= 0.6 is 0 Å². The quantitative estimate of drug-likeness (QED) is 0.884. The van der Waals surface area contributed by atoms with E-state index >= 15 is 0 Å². The maximum Gasteiger partial charge on any atom is 0.224 e. The lowest BCUT2D eigenvalue weighted by molar-refractivity contribution is -0.164. The smallest absolute Gasteiger partial charge is 0.224 e. The number of likely N-dealkylation sites (tertiary alicyclic amines) is 1. The van der Waals surface area contributed by atoms with Crippen molar-refractivity contribution in [3.8, 4) is 11.3 Å². The first-order valence-corrected chi connectivity index (χ1v) is 10.2. The Kier molecular flexibility index (Phi) is 4.29. The van der Waals surface area contributed by atoms with Gasteiger partial charge in [-0.2, -0.15) is 0 Å². The first kappa shape index (κ1) is 17.9. The van der Waals surface area contributed by atoms with Crippen LogP contribution < -0.4 is 0 Å². The highest BCUT2D eigenvalue weighted by atomic mass is 16.5.